The minimum atomic E-state index is -3.58. The Hall–Kier alpha value is -1.90. The van der Waals surface area contributed by atoms with Crippen LogP contribution in [0.3, 0.4) is 0 Å². The van der Waals surface area contributed by atoms with Gasteiger partial charge in [-0.1, -0.05) is 35.9 Å². The van der Waals surface area contributed by atoms with Gasteiger partial charge >= 0.3 is 0 Å². The molecule has 2 aromatic carbocycles. The Labute approximate surface area is 180 Å². The number of sulfonamides is 1. The van der Waals surface area contributed by atoms with Crippen molar-refractivity contribution in [2.45, 2.75) is 18.8 Å². The fraction of sp³-hybridized carbons (Fsp3) is 0.350. The first-order valence-corrected chi connectivity index (χ1v) is 12.5. The molecule has 2 aromatic rings. The van der Waals surface area contributed by atoms with Crippen molar-refractivity contribution < 1.29 is 17.9 Å². The van der Waals surface area contributed by atoms with Crippen molar-refractivity contribution in [2.24, 2.45) is 0 Å². The lowest BCUT2D eigenvalue weighted by atomic mass is 10.1. The predicted octanol–water partition coefficient (Wildman–Crippen LogP) is 3.23. The van der Waals surface area contributed by atoms with Crippen molar-refractivity contribution in [3.05, 3.63) is 58.6 Å². The van der Waals surface area contributed by atoms with Gasteiger partial charge < -0.3 is 10.1 Å². The van der Waals surface area contributed by atoms with Crippen molar-refractivity contribution in [1.29, 1.82) is 0 Å². The molecule has 29 heavy (non-hydrogen) atoms. The fourth-order valence-electron chi connectivity index (χ4n) is 2.99. The summed E-state index contributed by atoms with van der Waals surface area (Å²) >= 11 is 7.71. The molecule has 1 N–H and O–H groups in total. The van der Waals surface area contributed by atoms with Crippen molar-refractivity contribution in [3.63, 3.8) is 0 Å². The van der Waals surface area contributed by atoms with Crippen LogP contribution in [0.5, 0.6) is 5.75 Å². The number of aryl methyl sites for hydroxylation is 1. The number of rotatable bonds is 7. The molecule has 0 aromatic heterocycles. The van der Waals surface area contributed by atoms with Crippen LogP contribution >= 0.6 is 23.4 Å². The molecular weight excluding hydrogens is 432 g/mol. The molecule has 1 heterocycles. The number of carbonyl (C=O) groups is 1. The molecule has 0 radical (unpaired) electrons. The Balaban J connectivity index is 1.56. The van der Waals surface area contributed by atoms with Gasteiger partial charge in [0.1, 0.15) is 5.75 Å². The van der Waals surface area contributed by atoms with Gasteiger partial charge in [0.2, 0.25) is 10.0 Å². The van der Waals surface area contributed by atoms with E-state index in [-0.39, 0.29) is 12.5 Å². The molecule has 1 aliphatic rings. The highest BCUT2D eigenvalue weighted by Gasteiger charge is 2.35. The van der Waals surface area contributed by atoms with Gasteiger partial charge in [0.15, 0.2) is 6.10 Å². The third kappa shape index (κ3) is 5.58. The third-order valence-corrected chi connectivity index (χ3v) is 6.94. The average Bonchev–Trinajstić information content (AvgIpc) is 2.67. The number of nitrogens with zero attached hydrogens (tertiary/aromatic N) is 1. The van der Waals surface area contributed by atoms with Crippen LogP contribution < -0.4 is 14.4 Å². The highest BCUT2D eigenvalue weighted by atomic mass is 35.5. The van der Waals surface area contributed by atoms with Gasteiger partial charge in [-0.15, -0.1) is 0 Å². The number of fused-ring (bicyclic) bond motifs is 1. The molecule has 6 nitrogen and oxygen atoms in total. The summed E-state index contributed by atoms with van der Waals surface area (Å²) < 4.78 is 31.3. The molecule has 156 valence electrons. The summed E-state index contributed by atoms with van der Waals surface area (Å²) in [6.07, 6.45) is 0.181. The number of hydrogen-bond acceptors (Lipinski definition) is 5. The molecule has 0 aliphatic carbocycles. The van der Waals surface area contributed by atoms with E-state index < -0.39 is 16.1 Å². The lowest BCUT2D eigenvalue weighted by molar-refractivity contribution is -0.127. The molecule has 3 rings (SSSR count). The Morgan fingerprint density at radius 2 is 2.07 bits per heavy atom. The maximum Gasteiger partial charge on any atom is 0.263 e. The number of carbonyl (C=O) groups excluding carboxylic acids is 1. The second-order valence-corrected chi connectivity index (χ2v) is 10.2. The smallest absolute Gasteiger partial charge is 0.263 e. The summed E-state index contributed by atoms with van der Waals surface area (Å²) in [6, 6.07) is 12.9. The minimum absolute atomic E-state index is 0.0889. The lowest BCUT2D eigenvalue weighted by Crippen LogP contribution is -2.50. The molecule has 0 fully saturated rings. The van der Waals surface area contributed by atoms with Crippen LogP contribution in [-0.4, -0.2) is 45.5 Å². The minimum Gasteiger partial charge on any atom is -0.476 e. The predicted molar refractivity (Wildman–Crippen MR) is 118 cm³/mol. The van der Waals surface area contributed by atoms with Crippen molar-refractivity contribution in [3.8, 4) is 5.75 Å². The van der Waals surface area contributed by atoms with E-state index in [1.54, 1.807) is 23.9 Å². The molecule has 1 atom stereocenters. The van der Waals surface area contributed by atoms with E-state index in [1.807, 2.05) is 12.1 Å². The number of halogens is 1. The second-order valence-electron chi connectivity index (χ2n) is 6.78. The first-order chi connectivity index (χ1) is 13.8. The summed E-state index contributed by atoms with van der Waals surface area (Å²) in [5.74, 6) is 1.60. The molecule has 9 heteroatoms. The Morgan fingerprint density at radius 1 is 1.31 bits per heavy atom. The maximum atomic E-state index is 12.5. The molecule has 1 aliphatic heterocycles. The number of thioether (sulfide) groups is 1. The zero-order valence-electron chi connectivity index (χ0n) is 16.2. The van der Waals surface area contributed by atoms with Gasteiger partial charge in [0, 0.05) is 23.1 Å². The van der Waals surface area contributed by atoms with E-state index in [2.05, 4.69) is 24.4 Å². The fourth-order valence-corrected chi connectivity index (χ4v) is 5.00. The number of nitrogens with one attached hydrogen (secondary N) is 1. The molecule has 0 saturated heterocycles. The molecule has 1 amide bonds. The average molecular weight is 455 g/mol. The molecule has 0 unspecified atom stereocenters. The van der Waals surface area contributed by atoms with Gasteiger partial charge in [0.25, 0.3) is 5.91 Å². The van der Waals surface area contributed by atoms with Crippen LogP contribution in [0.4, 0.5) is 5.69 Å². The topological polar surface area (TPSA) is 75.7 Å². The molecule has 0 saturated carbocycles. The van der Waals surface area contributed by atoms with Crippen molar-refractivity contribution in [1.82, 2.24) is 5.32 Å². The van der Waals surface area contributed by atoms with Crippen LogP contribution in [0.2, 0.25) is 5.02 Å². The van der Waals surface area contributed by atoms with E-state index in [0.29, 0.717) is 23.0 Å². The standard InChI is InChI=1S/C20H23ClN2O4S2/c1-14-5-3-4-6-15(14)13-28-10-9-22-20(24)19-12-23(29(2,25)26)17-11-16(21)7-8-18(17)27-19/h3-8,11,19H,9-10,12-13H2,1-2H3,(H,22,24)/t19-/m1/s1. The van der Waals surface area contributed by atoms with Crippen LogP contribution in [0.15, 0.2) is 42.5 Å². The summed E-state index contributed by atoms with van der Waals surface area (Å²) in [6.45, 7) is 2.46. The Bertz CT molecular complexity index is 998. The molecular formula is C20H23ClN2O4S2. The first kappa shape index (κ1) is 21.8. The number of ether oxygens (including phenoxy) is 1. The van der Waals surface area contributed by atoms with Crippen LogP contribution in [0, 0.1) is 6.92 Å². The number of hydrogen-bond donors (Lipinski definition) is 1. The normalized spacial score (nSPS) is 16.1. The van der Waals surface area contributed by atoms with E-state index in [4.69, 9.17) is 16.3 Å². The molecule has 0 bridgehead atoms. The van der Waals surface area contributed by atoms with E-state index in [1.165, 1.54) is 17.2 Å². The Kier molecular flexibility index (Phi) is 6.97. The zero-order valence-corrected chi connectivity index (χ0v) is 18.6. The second kappa shape index (κ2) is 9.28. The lowest BCUT2D eigenvalue weighted by Gasteiger charge is -2.34. The quantitative estimate of drug-likeness (QED) is 0.650. The van der Waals surface area contributed by atoms with Crippen LogP contribution in [0.1, 0.15) is 11.1 Å². The third-order valence-electron chi connectivity index (χ3n) is 4.55. The number of benzene rings is 2. The van der Waals surface area contributed by atoms with Crippen LogP contribution in [0.25, 0.3) is 0 Å². The first-order valence-electron chi connectivity index (χ1n) is 9.09. The maximum absolute atomic E-state index is 12.5. The van der Waals surface area contributed by atoms with Crippen molar-refractivity contribution >= 4 is 45.0 Å². The van der Waals surface area contributed by atoms with Gasteiger partial charge in [-0.2, -0.15) is 11.8 Å². The van der Waals surface area contributed by atoms with Gasteiger partial charge in [-0.25, -0.2) is 8.42 Å². The number of amides is 1. The number of anilines is 1. The SMILES string of the molecule is Cc1ccccc1CSCCNC(=O)[C@H]1CN(S(C)(=O)=O)c2cc(Cl)ccc2O1. The largest absolute Gasteiger partial charge is 0.476 e. The summed E-state index contributed by atoms with van der Waals surface area (Å²) in [5.41, 5.74) is 2.87. The summed E-state index contributed by atoms with van der Waals surface area (Å²) in [4.78, 5) is 12.5. The van der Waals surface area contributed by atoms with Crippen molar-refractivity contribution in [2.75, 3.05) is 29.4 Å². The monoisotopic (exact) mass is 454 g/mol. The van der Waals surface area contributed by atoms with E-state index >= 15 is 0 Å². The van der Waals surface area contributed by atoms with E-state index in [0.717, 1.165) is 22.1 Å². The van der Waals surface area contributed by atoms with E-state index in [9.17, 15) is 13.2 Å². The molecule has 0 spiro atoms. The highest BCUT2D eigenvalue weighted by Crippen LogP contribution is 2.37. The summed E-state index contributed by atoms with van der Waals surface area (Å²) in [5, 5.41) is 3.23. The van der Waals surface area contributed by atoms with Gasteiger partial charge in [-0.05, 0) is 36.2 Å². The van der Waals surface area contributed by atoms with Crippen LogP contribution in [-0.2, 0) is 20.6 Å². The van der Waals surface area contributed by atoms with Gasteiger partial charge in [0.05, 0.1) is 18.5 Å². The Morgan fingerprint density at radius 3 is 2.79 bits per heavy atom. The summed E-state index contributed by atoms with van der Waals surface area (Å²) in [7, 11) is -3.58. The zero-order chi connectivity index (χ0) is 21.0. The highest BCUT2D eigenvalue weighted by molar-refractivity contribution is 7.98. The van der Waals surface area contributed by atoms with Gasteiger partial charge in [-0.3, -0.25) is 9.10 Å².